The van der Waals surface area contributed by atoms with Crippen molar-refractivity contribution >= 4 is 12.1 Å². The summed E-state index contributed by atoms with van der Waals surface area (Å²) in [7, 11) is 1.28. The van der Waals surface area contributed by atoms with Gasteiger partial charge in [0.15, 0.2) is 0 Å². The number of piperidine rings is 1. The molecule has 1 heterocycles. The maximum absolute atomic E-state index is 12.1. The standard InChI is InChI=1S/C17H23NO6/c1-22-15(19)12-23-13-17(21)7-9-18(10-8-17)16(20)24-11-14-5-3-2-4-6-14/h2-6,21H,7-13H2,1H3. The van der Waals surface area contributed by atoms with E-state index in [1.165, 1.54) is 7.11 Å². The summed E-state index contributed by atoms with van der Waals surface area (Å²) in [5.41, 5.74) is -0.111. The molecule has 1 N–H and O–H groups in total. The third-order valence-corrected chi connectivity index (χ3v) is 3.98. The normalized spacial score (nSPS) is 16.5. The van der Waals surface area contributed by atoms with Crippen LogP contribution in [0.2, 0.25) is 0 Å². The number of amides is 1. The highest BCUT2D eigenvalue weighted by atomic mass is 16.6. The van der Waals surface area contributed by atoms with Crippen molar-refractivity contribution in [3.05, 3.63) is 35.9 Å². The Hall–Kier alpha value is -2.12. The Labute approximate surface area is 141 Å². The molecule has 1 aliphatic heterocycles. The van der Waals surface area contributed by atoms with Crippen molar-refractivity contribution < 1.29 is 28.9 Å². The molecule has 1 saturated heterocycles. The number of esters is 1. The second kappa shape index (κ2) is 8.65. The summed E-state index contributed by atoms with van der Waals surface area (Å²) in [6, 6.07) is 9.46. The summed E-state index contributed by atoms with van der Waals surface area (Å²) in [4.78, 5) is 24.6. The lowest BCUT2D eigenvalue weighted by atomic mass is 9.92. The number of methoxy groups -OCH3 is 1. The predicted molar refractivity (Wildman–Crippen MR) is 85.2 cm³/mol. The summed E-state index contributed by atoms with van der Waals surface area (Å²) in [6.45, 7) is 0.830. The van der Waals surface area contributed by atoms with Crippen LogP contribution in [0.25, 0.3) is 0 Å². The van der Waals surface area contributed by atoms with Gasteiger partial charge in [-0.2, -0.15) is 0 Å². The van der Waals surface area contributed by atoms with Gasteiger partial charge in [0.25, 0.3) is 0 Å². The van der Waals surface area contributed by atoms with Crippen LogP contribution in [0.15, 0.2) is 30.3 Å². The van der Waals surface area contributed by atoms with Crippen molar-refractivity contribution in [2.75, 3.05) is 33.4 Å². The first-order chi connectivity index (χ1) is 11.5. The highest BCUT2D eigenvalue weighted by Gasteiger charge is 2.34. The Morgan fingerprint density at radius 1 is 1.21 bits per heavy atom. The minimum atomic E-state index is -1.04. The van der Waals surface area contributed by atoms with Crippen LogP contribution in [0.5, 0.6) is 0 Å². The fourth-order valence-corrected chi connectivity index (χ4v) is 2.44. The summed E-state index contributed by atoms with van der Waals surface area (Å²) in [5, 5.41) is 10.4. The van der Waals surface area contributed by atoms with Crippen LogP contribution in [0.4, 0.5) is 4.79 Å². The SMILES string of the molecule is COC(=O)COCC1(O)CCN(C(=O)OCc2ccccc2)CC1. The number of hydrogen-bond donors (Lipinski definition) is 1. The number of rotatable bonds is 6. The molecule has 7 heteroatoms. The fourth-order valence-electron chi connectivity index (χ4n) is 2.44. The van der Waals surface area contributed by atoms with E-state index in [4.69, 9.17) is 9.47 Å². The molecule has 0 bridgehead atoms. The van der Waals surface area contributed by atoms with Gasteiger partial charge >= 0.3 is 12.1 Å². The molecule has 0 spiro atoms. The van der Waals surface area contributed by atoms with Crippen LogP contribution >= 0.6 is 0 Å². The Bertz CT molecular complexity index is 539. The highest BCUT2D eigenvalue weighted by Crippen LogP contribution is 2.23. The second-order valence-electron chi connectivity index (χ2n) is 5.82. The molecule has 1 aliphatic rings. The minimum absolute atomic E-state index is 0.0367. The number of hydrogen-bond acceptors (Lipinski definition) is 6. The molecule has 1 fully saturated rings. The zero-order valence-electron chi connectivity index (χ0n) is 13.8. The average molecular weight is 337 g/mol. The van der Waals surface area contributed by atoms with Crippen LogP contribution in [-0.4, -0.2) is 61.1 Å². The van der Waals surface area contributed by atoms with Gasteiger partial charge in [0.2, 0.25) is 0 Å². The van der Waals surface area contributed by atoms with E-state index in [2.05, 4.69) is 4.74 Å². The van der Waals surface area contributed by atoms with E-state index < -0.39 is 17.7 Å². The lowest BCUT2D eigenvalue weighted by molar-refractivity contribution is -0.150. The Kier molecular flexibility index (Phi) is 6.57. The predicted octanol–water partition coefficient (Wildman–Crippen LogP) is 1.34. The summed E-state index contributed by atoms with van der Waals surface area (Å²) >= 11 is 0. The fraction of sp³-hybridized carbons (Fsp3) is 0.529. The van der Waals surface area contributed by atoms with E-state index in [0.29, 0.717) is 25.9 Å². The van der Waals surface area contributed by atoms with Crippen LogP contribution < -0.4 is 0 Å². The lowest BCUT2D eigenvalue weighted by Crippen LogP contribution is -2.49. The number of nitrogens with zero attached hydrogens (tertiary/aromatic N) is 1. The molecule has 0 atom stereocenters. The summed E-state index contributed by atoms with van der Waals surface area (Å²) in [6.07, 6.45) is 0.347. The van der Waals surface area contributed by atoms with E-state index in [1.807, 2.05) is 30.3 Å². The van der Waals surface area contributed by atoms with Gasteiger partial charge in [-0.1, -0.05) is 30.3 Å². The van der Waals surface area contributed by atoms with Gasteiger partial charge in [-0.3, -0.25) is 0 Å². The van der Waals surface area contributed by atoms with Crippen molar-refractivity contribution in [1.82, 2.24) is 4.90 Å². The molecule has 0 radical (unpaired) electrons. The van der Waals surface area contributed by atoms with Gasteiger partial charge in [-0.15, -0.1) is 0 Å². The zero-order valence-corrected chi connectivity index (χ0v) is 13.8. The molecule has 1 aromatic rings. The van der Waals surface area contributed by atoms with Gasteiger partial charge < -0.3 is 24.2 Å². The van der Waals surface area contributed by atoms with Gasteiger partial charge in [0.05, 0.1) is 19.3 Å². The molecule has 0 unspecified atom stereocenters. The van der Waals surface area contributed by atoms with E-state index >= 15 is 0 Å². The quantitative estimate of drug-likeness (QED) is 0.789. The Balaban J connectivity index is 1.71. The molecule has 1 aromatic carbocycles. The minimum Gasteiger partial charge on any atom is -0.467 e. The van der Waals surface area contributed by atoms with Crippen LogP contribution in [0, 0.1) is 0 Å². The third-order valence-electron chi connectivity index (χ3n) is 3.98. The maximum Gasteiger partial charge on any atom is 0.410 e. The van der Waals surface area contributed by atoms with Gasteiger partial charge in [-0.25, -0.2) is 9.59 Å². The smallest absolute Gasteiger partial charge is 0.410 e. The zero-order chi connectivity index (χ0) is 17.4. The largest absolute Gasteiger partial charge is 0.467 e. The van der Waals surface area contributed by atoms with Crippen molar-refractivity contribution in [2.45, 2.75) is 25.0 Å². The lowest BCUT2D eigenvalue weighted by Gasteiger charge is -2.37. The first-order valence-corrected chi connectivity index (χ1v) is 7.85. The first kappa shape index (κ1) is 18.2. The van der Waals surface area contributed by atoms with Crippen molar-refractivity contribution in [1.29, 1.82) is 0 Å². The first-order valence-electron chi connectivity index (χ1n) is 7.85. The number of likely N-dealkylation sites (tertiary alicyclic amines) is 1. The maximum atomic E-state index is 12.1. The molecule has 7 nitrogen and oxygen atoms in total. The van der Waals surface area contributed by atoms with Crippen LogP contribution in [0.1, 0.15) is 18.4 Å². The van der Waals surface area contributed by atoms with Gasteiger partial charge in [0, 0.05) is 13.1 Å². The molecule has 1 amide bonds. The number of benzene rings is 1. The molecule has 2 rings (SSSR count). The summed E-state index contributed by atoms with van der Waals surface area (Å²) in [5.74, 6) is -0.486. The van der Waals surface area contributed by atoms with Crippen molar-refractivity contribution in [3.8, 4) is 0 Å². The third kappa shape index (κ3) is 5.50. The molecule has 0 aliphatic carbocycles. The molecule has 24 heavy (non-hydrogen) atoms. The molecule has 0 aromatic heterocycles. The number of ether oxygens (including phenoxy) is 3. The van der Waals surface area contributed by atoms with Crippen molar-refractivity contribution in [2.24, 2.45) is 0 Å². The average Bonchev–Trinajstić information content (AvgIpc) is 2.61. The topological polar surface area (TPSA) is 85.3 Å². The van der Waals surface area contributed by atoms with E-state index in [9.17, 15) is 14.7 Å². The monoisotopic (exact) mass is 337 g/mol. The van der Waals surface area contributed by atoms with E-state index in [0.717, 1.165) is 5.56 Å². The van der Waals surface area contributed by atoms with Crippen LogP contribution in [0.3, 0.4) is 0 Å². The number of aliphatic hydroxyl groups is 1. The molecular weight excluding hydrogens is 314 g/mol. The highest BCUT2D eigenvalue weighted by molar-refractivity contribution is 5.70. The molecular formula is C17H23NO6. The Morgan fingerprint density at radius 3 is 2.50 bits per heavy atom. The Morgan fingerprint density at radius 2 is 1.88 bits per heavy atom. The van der Waals surface area contributed by atoms with E-state index in [1.54, 1.807) is 4.90 Å². The van der Waals surface area contributed by atoms with Gasteiger partial charge in [0.1, 0.15) is 13.2 Å². The molecule has 132 valence electrons. The van der Waals surface area contributed by atoms with E-state index in [-0.39, 0.29) is 19.8 Å². The molecule has 0 saturated carbocycles. The van der Waals surface area contributed by atoms with Crippen LogP contribution in [-0.2, 0) is 25.6 Å². The summed E-state index contributed by atoms with van der Waals surface area (Å²) < 4.78 is 14.9. The van der Waals surface area contributed by atoms with Crippen molar-refractivity contribution in [3.63, 3.8) is 0 Å². The second-order valence-corrected chi connectivity index (χ2v) is 5.82. The number of carbonyl (C=O) groups is 2. The van der Waals surface area contributed by atoms with Gasteiger partial charge in [-0.05, 0) is 18.4 Å². The number of carbonyl (C=O) groups excluding carboxylic acids is 2.